The van der Waals surface area contributed by atoms with E-state index in [2.05, 4.69) is 5.32 Å². The molecule has 2 aliphatic heterocycles. The number of nitrogens with zero attached hydrogens (tertiary/aromatic N) is 2. The molecule has 2 fully saturated rings. The van der Waals surface area contributed by atoms with E-state index in [1.54, 1.807) is 6.92 Å². The van der Waals surface area contributed by atoms with Crippen LogP contribution >= 0.6 is 0 Å². The quantitative estimate of drug-likeness (QED) is 0.549. The summed E-state index contributed by atoms with van der Waals surface area (Å²) in [5.41, 5.74) is 0.119. The number of amides is 2. The summed E-state index contributed by atoms with van der Waals surface area (Å²) in [5.74, 6) is -3.30. The Morgan fingerprint density at radius 2 is 1.89 bits per heavy atom. The van der Waals surface area contributed by atoms with E-state index in [9.17, 15) is 19.5 Å². The molecule has 2 amide bonds. The molecule has 4 atom stereocenters. The fourth-order valence-electron chi connectivity index (χ4n) is 4.22. The van der Waals surface area contributed by atoms with Gasteiger partial charge in [-0.2, -0.15) is 0 Å². The molecular weight excluding hydrogens is 350 g/mol. The fourth-order valence-corrected chi connectivity index (χ4v) is 4.22. The van der Waals surface area contributed by atoms with Crippen molar-refractivity contribution in [2.75, 3.05) is 39.3 Å². The van der Waals surface area contributed by atoms with E-state index in [0.717, 1.165) is 16.2 Å². The van der Waals surface area contributed by atoms with Crippen molar-refractivity contribution in [2.24, 2.45) is 11.8 Å². The molecule has 2 aliphatic rings. The van der Waals surface area contributed by atoms with Gasteiger partial charge >= 0.3 is 5.97 Å². The summed E-state index contributed by atoms with van der Waals surface area (Å²) in [4.78, 5) is 41.5. The average molecular weight is 375 g/mol. The van der Waals surface area contributed by atoms with Gasteiger partial charge in [0.2, 0.25) is 11.8 Å². The molecule has 1 aromatic rings. The van der Waals surface area contributed by atoms with Gasteiger partial charge in [-0.3, -0.25) is 19.8 Å². The van der Waals surface area contributed by atoms with Crippen molar-refractivity contribution < 1.29 is 24.2 Å². The highest BCUT2D eigenvalue weighted by Gasteiger charge is 2.68. The van der Waals surface area contributed by atoms with Gasteiger partial charge in [0.25, 0.3) is 0 Å². The van der Waals surface area contributed by atoms with Crippen molar-refractivity contribution in [3.8, 4) is 0 Å². The second-order valence-corrected chi connectivity index (χ2v) is 7.15. The van der Waals surface area contributed by atoms with Crippen LogP contribution in [0.25, 0.3) is 0 Å². The number of carbonyl (C=O) groups excluding carboxylic acids is 3. The van der Waals surface area contributed by atoms with Gasteiger partial charge in [-0.1, -0.05) is 12.1 Å². The van der Waals surface area contributed by atoms with Crippen LogP contribution in [0, 0.1) is 11.8 Å². The van der Waals surface area contributed by atoms with Crippen LogP contribution in [0.4, 0.5) is 5.69 Å². The lowest BCUT2D eigenvalue weighted by Crippen LogP contribution is -2.58. The summed E-state index contributed by atoms with van der Waals surface area (Å²) in [6.07, 6.45) is 0. The van der Waals surface area contributed by atoms with Crippen LogP contribution in [0.3, 0.4) is 0 Å². The van der Waals surface area contributed by atoms with Crippen LogP contribution in [-0.4, -0.2) is 67.7 Å². The lowest BCUT2D eigenvalue weighted by Gasteiger charge is -2.30. The smallest absolute Gasteiger partial charge is 0.329 e. The largest absolute Gasteiger partial charge is 0.468 e. The van der Waals surface area contributed by atoms with Crippen molar-refractivity contribution in [1.29, 1.82) is 0 Å². The van der Waals surface area contributed by atoms with E-state index in [1.165, 1.54) is 7.11 Å². The zero-order valence-corrected chi connectivity index (χ0v) is 15.9. The summed E-state index contributed by atoms with van der Waals surface area (Å²) in [6, 6.07) is 6.96. The van der Waals surface area contributed by atoms with Gasteiger partial charge < -0.3 is 14.7 Å². The maximum atomic E-state index is 12.9. The van der Waals surface area contributed by atoms with Crippen molar-refractivity contribution in [3.63, 3.8) is 0 Å². The number of rotatable bonds is 5. The SMILES string of the molecule is CCN1C(=O)[C@@H]2[C@H](c3ccc(N(C)C)cc3)N[C@@](CO)(C(=O)OC)[C@H]2C1=O. The summed E-state index contributed by atoms with van der Waals surface area (Å²) in [7, 11) is 5.05. The van der Waals surface area contributed by atoms with Crippen LogP contribution < -0.4 is 10.2 Å². The second kappa shape index (κ2) is 6.94. The number of methoxy groups -OCH3 is 1. The third kappa shape index (κ3) is 2.71. The number of ether oxygens (including phenoxy) is 1. The number of esters is 1. The first-order chi connectivity index (χ1) is 12.8. The van der Waals surface area contributed by atoms with Crippen LogP contribution in [0.1, 0.15) is 18.5 Å². The molecule has 0 radical (unpaired) electrons. The zero-order chi connectivity index (χ0) is 19.9. The maximum absolute atomic E-state index is 12.9. The van der Waals surface area contributed by atoms with Crippen molar-refractivity contribution >= 4 is 23.5 Å². The van der Waals surface area contributed by atoms with Crippen LogP contribution in [0.2, 0.25) is 0 Å². The number of carbonyl (C=O) groups is 3. The minimum atomic E-state index is -1.64. The Bertz CT molecular complexity index is 763. The maximum Gasteiger partial charge on any atom is 0.329 e. The average Bonchev–Trinajstić information content (AvgIpc) is 3.15. The van der Waals surface area contributed by atoms with Crippen LogP contribution in [0.15, 0.2) is 24.3 Å². The molecule has 146 valence electrons. The molecular formula is C19H25N3O5. The Kier molecular flexibility index (Phi) is 4.96. The van der Waals surface area contributed by atoms with E-state index < -0.39 is 41.9 Å². The topological polar surface area (TPSA) is 99.2 Å². The Balaban J connectivity index is 2.09. The van der Waals surface area contributed by atoms with E-state index in [-0.39, 0.29) is 12.5 Å². The first-order valence-electron chi connectivity index (χ1n) is 8.91. The number of fused-ring (bicyclic) bond motifs is 1. The molecule has 8 heteroatoms. The molecule has 0 aliphatic carbocycles. The van der Waals surface area contributed by atoms with Crippen LogP contribution in [0.5, 0.6) is 0 Å². The normalized spacial score (nSPS) is 29.8. The number of aliphatic hydroxyl groups excluding tert-OH is 1. The molecule has 8 nitrogen and oxygen atoms in total. The molecule has 0 aromatic heterocycles. The molecule has 2 heterocycles. The molecule has 0 bridgehead atoms. The number of imide groups is 1. The molecule has 0 unspecified atom stereocenters. The number of benzene rings is 1. The van der Waals surface area contributed by atoms with Gasteiger partial charge in [0, 0.05) is 32.4 Å². The number of aliphatic hydroxyl groups is 1. The Hall–Kier alpha value is -2.45. The summed E-state index contributed by atoms with van der Waals surface area (Å²) < 4.78 is 4.87. The van der Waals surface area contributed by atoms with Crippen LogP contribution in [-0.2, 0) is 19.1 Å². The molecule has 0 spiro atoms. The fraction of sp³-hybridized carbons (Fsp3) is 0.526. The highest BCUT2D eigenvalue weighted by atomic mass is 16.5. The monoisotopic (exact) mass is 375 g/mol. The predicted octanol–water partition coefficient (Wildman–Crippen LogP) is -0.0779. The minimum Gasteiger partial charge on any atom is -0.468 e. The molecule has 3 rings (SSSR count). The number of nitrogens with one attached hydrogen (secondary N) is 1. The lowest BCUT2D eigenvalue weighted by molar-refractivity contribution is -0.156. The molecule has 1 aromatic carbocycles. The number of hydrogen-bond donors (Lipinski definition) is 2. The van der Waals surface area contributed by atoms with Gasteiger partial charge in [-0.15, -0.1) is 0 Å². The third-order valence-electron chi connectivity index (χ3n) is 5.63. The number of anilines is 1. The Morgan fingerprint density at radius 3 is 2.37 bits per heavy atom. The Morgan fingerprint density at radius 1 is 1.26 bits per heavy atom. The van der Waals surface area contributed by atoms with Crippen molar-refractivity contribution in [2.45, 2.75) is 18.5 Å². The second-order valence-electron chi connectivity index (χ2n) is 7.15. The van der Waals surface area contributed by atoms with E-state index in [0.29, 0.717) is 0 Å². The highest BCUT2D eigenvalue weighted by molar-refractivity contribution is 6.09. The Labute approximate surface area is 158 Å². The molecule has 2 saturated heterocycles. The van der Waals surface area contributed by atoms with Crippen molar-refractivity contribution in [1.82, 2.24) is 10.2 Å². The molecule has 2 N–H and O–H groups in total. The number of likely N-dealkylation sites (tertiary alicyclic amines) is 1. The predicted molar refractivity (Wildman–Crippen MR) is 97.9 cm³/mol. The van der Waals surface area contributed by atoms with Gasteiger partial charge in [-0.25, -0.2) is 4.79 Å². The van der Waals surface area contributed by atoms with Gasteiger partial charge in [0.1, 0.15) is 0 Å². The van der Waals surface area contributed by atoms with E-state index in [4.69, 9.17) is 4.74 Å². The van der Waals surface area contributed by atoms with Gasteiger partial charge in [0.15, 0.2) is 5.54 Å². The minimum absolute atomic E-state index is 0.222. The third-order valence-corrected chi connectivity index (χ3v) is 5.63. The standard InChI is InChI=1S/C19H25N3O5/c1-5-22-16(24)13-14(17(22)25)19(10-23,18(26)27-4)20-15(13)11-6-8-12(9-7-11)21(2)3/h6-9,13-15,20,23H,5,10H2,1-4H3/t13-,14+,15-,19+/m0/s1. The van der Waals surface area contributed by atoms with Crippen molar-refractivity contribution in [3.05, 3.63) is 29.8 Å². The van der Waals surface area contributed by atoms with Gasteiger partial charge in [-0.05, 0) is 24.6 Å². The van der Waals surface area contributed by atoms with Gasteiger partial charge in [0.05, 0.1) is 25.6 Å². The summed E-state index contributed by atoms with van der Waals surface area (Å²) in [6.45, 7) is 1.30. The zero-order valence-electron chi connectivity index (χ0n) is 15.9. The highest BCUT2D eigenvalue weighted by Crippen LogP contribution is 2.49. The molecule has 0 saturated carbocycles. The number of hydrogen-bond acceptors (Lipinski definition) is 7. The summed E-state index contributed by atoms with van der Waals surface area (Å²) in [5, 5.41) is 13.1. The van der Waals surface area contributed by atoms with E-state index >= 15 is 0 Å². The van der Waals surface area contributed by atoms with E-state index in [1.807, 2.05) is 43.3 Å². The first-order valence-corrected chi connectivity index (χ1v) is 8.91. The first kappa shape index (κ1) is 19.3. The summed E-state index contributed by atoms with van der Waals surface area (Å²) >= 11 is 0. The lowest BCUT2D eigenvalue weighted by atomic mass is 9.79. The molecule has 27 heavy (non-hydrogen) atoms.